The van der Waals surface area contributed by atoms with E-state index >= 15 is 0 Å². The van der Waals surface area contributed by atoms with Crippen LogP contribution in [-0.2, 0) is 12.7 Å². The third-order valence-corrected chi connectivity index (χ3v) is 2.46. The molecule has 0 amide bonds. The fourth-order valence-corrected chi connectivity index (χ4v) is 1.66. The van der Waals surface area contributed by atoms with E-state index in [4.69, 9.17) is 5.11 Å². The van der Waals surface area contributed by atoms with E-state index in [2.05, 4.69) is 6.58 Å². The lowest BCUT2D eigenvalue weighted by molar-refractivity contribution is -0.137. The van der Waals surface area contributed by atoms with E-state index < -0.39 is 11.7 Å². The highest BCUT2D eigenvalue weighted by atomic mass is 19.4. The van der Waals surface area contributed by atoms with Crippen LogP contribution in [0.4, 0.5) is 13.2 Å². The predicted octanol–water partition coefficient (Wildman–Crippen LogP) is 2.69. The normalized spacial score (nSPS) is 11.8. The first kappa shape index (κ1) is 14.7. The van der Waals surface area contributed by atoms with Crippen molar-refractivity contribution in [2.45, 2.75) is 12.7 Å². The summed E-state index contributed by atoms with van der Waals surface area (Å²) in [6.45, 7) is 4.83. The van der Waals surface area contributed by atoms with Crippen molar-refractivity contribution in [2.24, 2.45) is 0 Å². The molecular weight excluding hydrogens is 243 g/mol. The van der Waals surface area contributed by atoms with Crippen LogP contribution in [-0.4, -0.2) is 29.7 Å². The summed E-state index contributed by atoms with van der Waals surface area (Å²) < 4.78 is 37.6. The van der Waals surface area contributed by atoms with Crippen molar-refractivity contribution >= 4 is 0 Å². The van der Waals surface area contributed by atoms with Crippen molar-refractivity contribution in [1.29, 1.82) is 0 Å². The summed E-state index contributed by atoms with van der Waals surface area (Å²) in [6.07, 6.45) is -2.67. The molecule has 0 radical (unpaired) electrons. The number of rotatable bonds is 6. The topological polar surface area (TPSA) is 23.5 Å². The zero-order valence-electron chi connectivity index (χ0n) is 9.95. The Kier molecular flexibility index (Phi) is 5.37. The summed E-state index contributed by atoms with van der Waals surface area (Å²) >= 11 is 0. The molecule has 0 atom stereocenters. The lowest BCUT2D eigenvalue weighted by Crippen LogP contribution is -2.26. The van der Waals surface area contributed by atoms with Crippen LogP contribution in [0.5, 0.6) is 0 Å². The van der Waals surface area contributed by atoms with Crippen molar-refractivity contribution in [3.8, 4) is 0 Å². The molecule has 1 rings (SSSR count). The Morgan fingerprint density at radius 3 is 2.61 bits per heavy atom. The summed E-state index contributed by atoms with van der Waals surface area (Å²) in [5.41, 5.74) is -0.0809. The van der Waals surface area contributed by atoms with E-state index in [1.165, 1.54) is 6.07 Å². The molecule has 0 bridgehead atoms. The van der Waals surface area contributed by atoms with E-state index in [9.17, 15) is 13.2 Å². The van der Waals surface area contributed by atoms with Crippen LogP contribution >= 0.6 is 0 Å². The Labute approximate surface area is 104 Å². The number of hydrogen-bond acceptors (Lipinski definition) is 2. The van der Waals surface area contributed by atoms with Gasteiger partial charge in [-0.05, 0) is 11.6 Å². The number of alkyl halides is 3. The van der Waals surface area contributed by atoms with Gasteiger partial charge in [0.05, 0.1) is 12.2 Å². The number of aliphatic hydroxyl groups excluding tert-OH is 1. The van der Waals surface area contributed by atoms with E-state index in [1.54, 1.807) is 12.1 Å². The van der Waals surface area contributed by atoms with Crippen molar-refractivity contribution in [2.75, 3.05) is 19.7 Å². The third kappa shape index (κ3) is 4.50. The van der Waals surface area contributed by atoms with Crippen molar-refractivity contribution in [3.63, 3.8) is 0 Å². The maximum absolute atomic E-state index is 12.5. The highest BCUT2D eigenvalue weighted by molar-refractivity contribution is 5.25. The first-order valence-electron chi connectivity index (χ1n) is 5.57. The van der Waals surface area contributed by atoms with Crippen LogP contribution in [0, 0.1) is 0 Å². The summed E-state index contributed by atoms with van der Waals surface area (Å²) in [4.78, 5) is 1.82. The third-order valence-electron chi connectivity index (χ3n) is 2.46. The van der Waals surface area contributed by atoms with Gasteiger partial charge in [-0.3, -0.25) is 4.90 Å². The Morgan fingerprint density at radius 2 is 2.06 bits per heavy atom. The number of benzene rings is 1. The van der Waals surface area contributed by atoms with Gasteiger partial charge in [-0.2, -0.15) is 13.2 Å². The van der Waals surface area contributed by atoms with Gasteiger partial charge in [0, 0.05) is 19.6 Å². The van der Waals surface area contributed by atoms with Crippen molar-refractivity contribution in [3.05, 3.63) is 48.0 Å². The smallest absolute Gasteiger partial charge is 0.395 e. The quantitative estimate of drug-likeness (QED) is 0.794. The van der Waals surface area contributed by atoms with E-state index in [1.807, 2.05) is 4.90 Å². The molecule has 0 unspecified atom stereocenters. The highest BCUT2D eigenvalue weighted by Gasteiger charge is 2.30. The summed E-state index contributed by atoms with van der Waals surface area (Å²) in [7, 11) is 0. The molecule has 100 valence electrons. The largest absolute Gasteiger partial charge is 0.416 e. The maximum Gasteiger partial charge on any atom is 0.416 e. The van der Waals surface area contributed by atoms with Crippen LogP contribution in [0.2, 0.25) is 0 Å². The Bertz CT molecular complexity index is 390. The average Bonchev–Trinajstić information content (AvgIpc) is 2.29. The van der Waals surface area contributed by atoms with Crippen LogP contribution < -0.4 is 0 Å². The molecule has 1 N–H and O–H groups in total. The second kappa shape index (κ2) is 6.56. The molecule has 0 fully saturated rings. The summed E-state index contributed by atoms with van der Waals surface area (Å²) in [5.74, 6) is 0. The van der Waals surface area contributed by atoms with Gasteiger partial charge in [0.15, 0.2) is 0 Å². The first-order valence-corrected chi connectivity index (χ1v) is 5.57. The molecule has 0 aliphatic heterocycles. The van der Waals surface area contributed by atoms with Gasteiger partial charge >= 0.3 is 6.18 Å². The SMILES string of the molecule is C=CCN(CCO)Cc1cccc(C(F)(F)F)c1. The van der Waals surface area contributed by atoms with Crippen molar-refractivity contribution in [1.82, 2.24) is 4.90 Å². The molecule has 0 saturated carbocycles. The Morgan fingerprint density at radius 1 is 1.33 bits per heavy atom. The molecule has 0 saturated heterocycles. The predicted molar refractivity (Wildman–Crippen MR) is 64.0 cm³/mol. The molecule has 5 heteroatoms. The van der Waals surface area contributed by atoms with E-state index in [0.717, 1.165) is 12.1 Å². The van der Waals surface area contributed by atoms with Crippen LogP contribution in [0.1, 0.15) is 11.1 Å². The molecule has 0 aromatic heterocycles. The molecule has 0 aliphatic carbocycles. The van der Waals surface area contributed by atoms with Gasteiger partial charge in [-0.15, -0.1) is 6.58 Å². The van der Waals surface area contributed by atoms with Gasteiger partial charge in [0.2, 0.25) is 0 Å². The molecule has 0 spiro atoms. The van der Waals surface area contributed by atoms with Crippen molar-refractivity contribution < 1.29 is 18.3 Å². The summed E-state index contributed by atoms with van der Waals surface area (Å²) in [5, 5.41) is 8.87. The zero-order valence-corrected chi connectivity index (χ0v) is 9.95. The highest BCUT2D eigenvalue weighted by Crippen LogP contribution is 2.29. The van der Waals surface area contributed by atoms with Gasteiger partial charge in [0.25, 0.3) is 0 Å². The molecule has 1 aromatic carbocycles. The van der Waals surface area contributed by atoms with E-state index in [-0.39, 0.29) is 6.61 Å². The van der Waals surface area contributed by atoms with Gasteiger partial charge in [0.1, 0.15) is 0 Å². The number of nitrogens with zero attached hydrogens (tertiary/aromatic N) is 1. The van der Waals surface area contributed by atoms with Crippen LogP contribution in [0.25, 0.3) is 0 Å². The second-order valence-electron chi connectivity index (χ2n) is 3.95. The molecule has 2 nitrogen and oxygen atoms in total. The van der Waals surface area contributed by atoms with Gasteiger partial charge < -0.3 is 5.11 Å². The maximum atomic E-state index is 12.5. The molecule has 0 aliphatic rings. The standard InChI is InChI=1S/C13H16F3NO/c1-2-6-17(7-8-18)10-11-4-3-5-12(9-11)13(14,15)16/h2-5,9,18H,1,6-8,10H2. The first-order chi connectivity index (χ1) is 8.47. The average molecular weight is 259 g/mol. The Hall–Kier alpha value is -1.33. The minimum atomic E-state index is -4.32. The second-order valence-corrected chi connectivity index (χ2v) is 3.95. The van der Waals surface area contributed by atoms with Gasteiger partial charge in [-0.25, -0.2) is 0 Å². The molecule has 18 heavy (non-hydrogen) atoms. The Balaban J connectivity index is 2.79. The lowest BCUT2D eigenvalue weighted by Gasteiger charge is -2.20. The minimum Gasteiger partial charge on any atom is -0.395 e. The fraction of sp³-hybridized carbons (Fsp3) is 0.385. The monoisotopic (exact) mass is 259 g/mol. The van der Waals surface area contributed by atoms with Crippen LogP contribution in [0.3, 0.4) is 0 Å². The molecule has 1 aromatic rings. The summed E-state index contributed by atoms with van der Waals surface area (Å²) in [6, 6.07) is 5.22. The van der Waals surface area contributed by atoms with Crippen LogP contribution in [0.15, 0.2) is 36.9 Å². The molecular formula is C13H16F3NO. The number of halogens is 3. The minimum absolute atomic E-state index is 0.0349. The fourth-order valence-electron chi connectivity index (χ4n) is 1.66. The lowest BCUT2D eigenvalue weighted by atomic mass is 10.1. The van der Waals surface area contributed by atoms with E-state index in [0.29, 0.717) is 25.2 Å². The number of aliphatic hydroxyl groups is 1. The number of hydrogen-bond donors (Lipinski definition) is 1. The zero-order chi connectivity index (χ0) is 13.6. The van der Waals surface area contributed by atoms with Gasteiger partial charge in [-0.1, -0.05) is 24.3 Å². The molecule has 0 heterocycles.